The molecule has 0 aromatic carbocycles. The van der Waals surface area contributed by atoms with Crippen LogP contribution in [-0.4, -0.2) is 143 Å². The molecule has 16 heteroatoms. The minimum Gasteiger partial charge on any atom is -0.394 e. The summed E-state index contributed by atoms with van der Waals surface area (Å²) >= 11 is 0. The highest BCUT2D eigenvalue weighted by Crippen LogP contribution is 2.24. The maximum absolute atomic E-state index is 12.3. The minimum absolute atomic E-state index is 0.0594. The van der Waals surface area contributed by atoms with E-state index in [4.69, 9.17) is 18.9 Å². The third-order valence-electron chi connectivity index (χ3n) is 8.35. The molecule has 16 nitrogen and oxygen atoms in total. The van der Waals surface area contributed by atoms with E-state index in [9.17, 15) is 45.0 Å². The quantitative estimate of drug-likeness (QED) is 0.0607. The average molecular weight is 680 g/mol. The van der Waals surface area contributed by atoms with Gasteiger partial charge in [0.05, 0.1) is 13.2 Å². The smallest absolute Gasteiger partial charge is 0.220 e. The van der Waals surface area contributed by atoms with E-state index >= 15 is 0 Å². The van der Waals surface area contributed by atoms with Gasteiger partial charge in [-0.05, 0) is 31.6 Å². The second-order valence-electron chi connectivity index (χ2n) is 12.5. The Morgan fingerprint density at radius 1 is 0.681 bits per heavy atom. The first kappa shape index (κ1) is 41.2. The van der Waals surface area contributed by atoms with Gasteiger partial charge in [-0.25, -0.2) is 0 Å². The van der Waals surface area contributed by atoms with Crippen LogP contribution in [0.5, 0.6) is 0 Å². The van der Waals surface area contributed by atoms with Crippen LogP contribution in [0.25, 0.3) is 0 Å². The molecule has 9 N–H and O–H groups in total. The number of unbranched alkanes of at least 4 members (excludes halogenated alkanes) is 5. The second kappa shape index (κ2) is 21.9. The van der Waals surface area contributed by atoms with Crippen LogP contribution in [0, 0.1) is 5.92 Å². The number of hydrogen-bond acceptors (Lipinski definition) is 13. The fourth-order valence-electron chi connectivity index (χ4n) is 5.62. The van der Waals surface area contributed by atoms with Crippen molar-refractivity contribution in [3.63, 3.8) is 0 Å². The first-order valence-corrected chi connectivity index (χ1v) is 16.7. The maximum atomic E-state index is 12.3. The monoisotopic (exact) mass is 679 g/mol. The standard InChI is InChI=1S/C31H57N3O13/c1-18(11-7-5-4-6-9-13-44-30-24(33-19(2)37)28(42)26(40)21(16-35)46-30)15-32-23(39)12-8-10-14-45-31-25(34-20(3)38)29(43)27(41)22(17-36)47-31/h18,21-22,24-31,35-36,40-43H,4-17H2,1-3H3,(H,32,39)(H,33,37)(H,34,38)/t18?,21?,22?,24?,25?,26-,27-,28+,29+,30+,31+/m0/s1. The van der Waals surface area contributed by atoms with Gasteiger partial charge >= 0.3 is 0 Å². The van der Waals surface area contributed by atoms with Crippen LogP contribution in [0.15, 0.2) is 0 Å². The van der Waals surface area contributed by atoms with E-state index in [1.54, 1.807) is 0 Å². The first-order chi connectivity index (χ1) is 22.4. The number of nitrogens with one attached hydrogen (secondary N) is 3. The molecule has 2 aliphatic rings. The minimum atomic E-state index is -1.38. The Kier molecular flexibility index (Phi) is 19.2. The Bertz CT molecular complexity index is 931. The molecule has 0 saturated carbocycles. The molecule has 11 atom stereocenters. The number of hydrogen-bond donors (Lipinski definition) is 9. The van der Waals surface area contributed by atoms with E-state index in [0.29, 0.717) is 38.3 Å². The summed E-state index contributed by atoms with van der Waals surface area (Å²) in [5.41, 5.74) is 0. The Labute approximate surface area is 276 Å². The van der Waals surface area contributed by atoms with E-state index in [0.717, 1.165) is 38.5 Å². The van der Waals surface area contributed by atoms with Crippen LogP contribution in [-0.2, 0) is 33.3 Å². The van der Waals surface area contributed by atoms with E-state index in [2.05, 4.69) is 22.9 Å². The van der Waals surface area contributed by atoms with E-state index in [-0.39, 0.29) is 12.5 Å². The number of amides is 3. The molecule has 2 rings (SSSR count). The summed E-state index contributed by atoms with van der Waals surface area (Å²) in [5.74, 6) is -0.569. The van der Waals surface area contributed by atoms with Crippen molar-refractivity contribution in [2.45, 2.75) is 140 Å². The molecule has 2 heterocycles. The zero-order valence-corrected chi connectivity index (χ0v) is 27.8. The lowest BCUT2D eigenvalue weighted by Gasteiger charge is -2.42. The first-order valence-electron chi connectivity index (χ1n) is 16.7. The molecule has 3 amide bonds. The van der Waals surface area contributed by atoms with Crippen molar-refractivity contribution in [3.05, 3.63) is 0 Å². The Hall–Kier alpha value is -1.99. The van der Waals surface area contributed by atoms with Gasteiger partial charge in [0, 0.05) is 40.0 Å². The van der Waals surface area contributed by atoms with Crippen molar-refractivity contribution in [2.24, 2.45) is 5.92 Å². The van der Waals surface area contributed by atoms with Gasteiger partial charge in [0.2, 0.25) is 17.7 Å². The van der Waals surface area contributed by atoms with Crippen LogP contribution in [0.4, 0.5) is 0 Å². The highest BCUT2D eigenvalue weighted by Gasteiger charge is 2.46. The molecule has 0 aliphatic carbocycles. The lowest BCUT2D eigenvalue weighted by Crippen LogP contribution is -2.64. The molecular formula is C31H57N3O13. The van der Waals surface area contributed by atoms with Crippen LogP contribution in [0.2, 0.25) is 0 Å². The Balaban J connectivity index is 1.53. The molecule has 47 heavy (non-hydrogen) atoms. The van der Waals surface area contributed by atoms with Crippen LogP contribution < -0.4 is 16.0 Å². The number of ether oxygens (including phenoxy) is 4. The predicted molar refractivity (Wildman–Crippen MR) is 166 cm³/mol. The molecule has 5 unspecified atom stereocenters. The number of rotatable bonds is 21. The van der Waals surface area contributed by atoms with Gasteiger partial charge < -0.3 is 65.5 Å². The summed E-state index contributed by atoms with van der Waals surface area (Å²) in [6.07, 6.45) is -2.46. The van der Waals surface area contributed by atoms with Crippen molar-refractivity contribution >= 4 is 17.7 Å². The summed E-state index contributed by atoms with van der Waals surface area (Å²) in [6.45, 7) is 4.74. The molecule has 0 radical (unpaired) electrons. The summed E-state index contributed by atoms with van der Waals surface area (Å²) in [5, 5.41) is 67.6. The highest BCUT2D eigenvalue weighted by molar-refractivity contribution is 5.75. The fourth-order valence-corrected chi connectivity index (χ4v) is 5.62. The normalized spacial score (nSPS) is 31.6. The number of aliphatic hydroxyl groups is 6. The molecule has 0 aromatic heterocycles. The van der Waals surface area contributed by atoms with Crippen LogP contribution in [0.1, 0.15) is 78.6 Å². The molecule has 274 valence electrons. The summed E-state index contributed by atoms with van der Waals surface area (Å²) < 4.78 is 22.5. The van der Waals surface area contributed by atoms with Gasteiger partial charge in [-0.2, -0.15) is 0 Å². The van der Waals surface area contributed by atoms with Crippen molar-refractivity contribution in [2.75, 3.05) is 33.0 Å². The average Bonchev–Trinajstić information content (AvgIpc) is 3.03. The number of aliphatic hydroxyl groups excluding tert-OH is 6. The summed E-state index contributed by atoms with van der Waals surface area (Å²) in [4.78, 5) is 35.3. The molecule has 0 aromatic rings. The van der Waals surface area contributed by atoms with Gasteiger partial charge in [0.1, 0.15) is 48.7 Å². The van der Waals surface area contributed by atoms with Crippen molar-refractivity contribution in [3.8, 4) is 0 Å². The largest absolute Gasteiger partial charge is 0.394 e. The Morgan fingerprint density at radius 2 is 1.13 bits per heavy atom. The third-order valence-corrected chi connectivity index (χ3v) is 8.35. The molecule has 0 bridgehead atoms. The van der Waals surface area contributed by atoms with Gasteiger partial charge in [0.25, 0.3) is 0 Å². The number of carbonyl (C=O) groups is 3. The SMILES string of the molecule is CC(=O)NC1[C@H](OCCCCCCCC(C)CNC(=O)CCCCO[C@@H]2OC(CO)[C@H](O)[C@H](O)C2NC(C)=O)OC(CO)[C@H](O)[C@@H]1O. The molecular weight excluding hydrogens is 622 g/mol. The molecule has 0 spiro atoms. The molecule has 2 saturated heterocycles. The predicted octanol–water partition coefficient (Wildman–Crippen LogP) is -1.83. The van der Waals surface area contributed by atoms with E-state index in [1.807, 2.05) is 0 Å². The fraction of sp³-hybridized carbons (Fsp3) is 0.903. The van der Waals surface area contributed by atoms with Crippen LogP contribution >= 0.6 is 0 Å². The summed E-state index contributed by atoms with van der Waals surface area (Å²) in [6, 6.07) is -1.94. The zero-order chi connectivity index (χ0) is 34.9. The number of carbonyl (C=O) groups excluding carboxylic acids is 3. The van der Waals surface area contributed by atoms with Crippen molar-refractivity contribution in [1.29, 1.82) is 0 Å². The third kappa shape index (κ3) is 14.2. The van der Waals surface area contributed by atoms with Crippen molar-refractivity contribution < 1.29 is 64.0 Å². The molecule has 2 aliphatic heterocycles. The second-order valence-corrected chi connectivity index (χ2v) is 12.5. The topological polar surface area (TPSA) is 246 Å². The van der Waals surface area contributed by atoms with E-state index < -0.39 is 86.3 Å². The lowest BCUT2D eigenvalue weighted by molar-refractivity contribution is -0.270. The Morgan fingerprint density at radius 3 is 1.60 bits per heavy atom. The van der Waals surface area contributed by atoms with Gasteiger partial charge in [-0.3, -0.25) is 14.4 Å². The summed E-state index contributed by atoms with van der Waals surface area (Å²) in [7, 11) is 0. The zero-order valence-electron chi connectivity index (χ0n) is 27.8. The van der Waals surface area contributed by atoms with Gasteiger partial charge in [-0.15, -0.1) is 0 Å². The van der Waals surface area contributed by atoms with Gasteiger partial charge in [0.15, 0.2) is 12.6 Å². The van der Waals surface area contributed by atoms with Crippen molar-refractivity contribution in [1.82, 2.24) is 16.0 Å². The van der Waals surface area contributed by atoms with Crippen LogP contribution in [0.3, 0.4) is 0 Å². The van der Waals surface area contributed by atoms with Gasteiger partial charge in [-0.1, -0.05) is 32.6 Å². The lowest BCUT2D eigenvalue weighted by atomic mass is 9.97. The van der Waals surface area contributed by atoms with E-state index in [1.165, 1.54) is 13.8 Å². The highest BCUT2D eigenvalue weighted by atomic mass is 16.7. The maximum Gasteiger partial charge on any atom is 0.220 e. The molecule has 2 fully saturated rings.